The van der Waals surface area contributed by atoms with Crippen LogP contribution in [0.4, 0.5) is 11.6 Å². The topological polar surface area (TPSA) is 46.8 Å². The van der Waals surface area contributed by atoms with Crippen LogP contribution in [0.15, 0.2) is 164 Å². The van der Waals surface area contributed by atoms with E-state index in [1.807, 2.05) is 0 Å². The number of benzene rings is 6. The summed E-state index contributed by atoms with van der Waals surface area (Å²) in [4.78, 5) is 17.1. The summed E-state index contributed by atoms with van der Waals surface area (Å²) in [6.07, 6.45) is 10.5. The number of allylic oxidation sites excluding steroid dienone is 2. The Hall–Kier alpha value is -6.33. The number of anilines is 2. The van der Waals surface area contributed by atoms with Crippen LogP contribution >= 0.6 is 0 Å². The van der Waals surface area contributed by atoms with Crippen LogP contribution in [0.2, 0.25) is 0 Å². The molecule has 5 heteroatoms. The van der Waals surface area contributed by atoms with E-state index in [0.29, 0.717) is 11.8 Å². The highest BCUT2D eigenvalue weighted by molar-refractivity contribution is 6.21. The van der Waals surface area contributed by atoms with E-state index < -0.39 is 0 Å². The Balaban J connectivity index is 1.18. The molecule has 0 fully saturated rings. The maximum absolute atomic E-state index is 5.21. The van der Waals surface area contributed by atoms with Crippen molar-refractivity contribution in [3.63, 3.8) is 0 Å². The average Bonchev–Trinajstić information content (AvgIpc) is 3.44. The number of aromatic nitrogens is 4. The first-order valence-electron chi connectivity index (χ1n) is 16.4. The SMILES string of the molecule is C1=CC2c3ccccc3-c3ccccc3N(c3ncnc(-c4ccc5c(c4)c4c6ccccc6ccc4n5-c4ccccc4)n3)C2C=C1. The number of nitrogens with zero attached hydrogens (tertiary/aromatic N) is 5. The third-order valence-electron chi connectivity index (χ3n) is 9.88. The average molecular weight is 616 g/mol. The molecule has 2 atom stereocenters. The van der Waals surface area contributed by atoms with E-state index in [-0.39, 0.29) is 12.0 Å². The van der Waals surface area contributed by atoms with Crippen LogP contribution in [0.1, 0.15) is 11.5 Å². The fourth-order valence-corrected chi connectivity index (χ4v) is 7.80. The molecule has 0 amide bonds. The molecule has 1 aliphatic heterocycles. The van der Waals surface area contributed by atoms with Gasteiger partial charge in [-0.25, -0.2) is 9.97 Å². The second-order valence-corrected chi connectivity index (χ2v) is 12.5. The van der Waals surface area contributed by atoms with Crippen LogP contribution < -0.4 is 4.90 Å². The third-order valence-corrected chi connectivity index (χ3v) is 9.88. The van der Waals surface area contributed by atoms with Gasteiger partial charge in [0.05, 0.1) is 22.8 Å². The van der Waals surface area contributed by atoms with Crippen molar-refractivity contribution in [2.24, 2.45) is 0 Å². The van der Waals surface area contributed by atoms with Gasteiger partial charge in [-0.05, 0) is 64.4 Å². The molecule has 0 spiro atoms. The number of para-hydroxylation sites is 2. The number of rotatable bonds is 3. The van der Waals surface area contributed by atoms with Gasteiger partial charge in [0.25, 0.3) is 0 Å². The van der Waals surface area contributed by atoms with Gasteiger partial charge in [-0.1, -0.05) is 115 Å². The minimum absolute atomic E-state index is 0.00717. The fourth-order valence-electron chi connectivity index (χ4n) is 7.80. The summed E-state index contributed by atoms with van der Waals surface area (Å²) < 4.78 is 2.36. The minimum atomic E-state index is 0.00717. The normalized spacial score (nSPS) is 16.5. The van der Waals surface area contributed by atoms with Crippen molar-refractivity contribution in [3.8, 4) is 28.2 Å². The summed E-state index contributed by atoms with van der Waals surface area (Å²) in [6.45, 7) is 0. The molecule has 2 unspecified atom stereocenters. The van der Waals surface area contributed by atoms with Crippen molar-refractivity contribution < 1.29 is 0 Å². The Kier molecular flexibility index (Phi) is 5.93. The van der Waals surface area contributed by atoms with Crippen molar-refractivity contribution in [2.75, 3.05) is 4.90 Å². The van der Waals surface area contributed by atoms with Crippen LogP contribution in [0.3, 0.4) is 0 Å². The van der Waals surface area contributed by atoms with E-state index in [4.69, 9.17) is 15.0 Å². The molecule has 48 heavy (non-hydrogen) atoms. The quantitative estimate of drug-likeness (QED) is 0.198. The molecule has 1 aliphatic carbocycles. The summed E-state index contributed by atoms with van der Waals surface area (Å²) in [5.74, 6) is 1.42. The Morgan fingerprint density at radius 1 is 0.583 bits per heavy atom. The zero-order valence-corrected chi connectivity index (χ0v) is 26.0. The van der Waals surface area contributed by atoms with Crippen molar-refractivity contribution in [3.05, 3.63) is 170 Å². The Bertz CT molecular complexity index is 2600. The molecule has 8 aromatic rings. The Morgan fingerprint density at radius 2 is 1.35 bits per heavy atom. The van der Waals surface area contributed by atoms with Gasteiger partial charge in [0, 0.05) is 33.5 Å². The highest BCUT2D eigenvalue weighted by atomic mass is 15.3. The maximum Gasteiger partial charge on any atom is 0.234 e. The van der Waals surface area contributed by atoms with E-state index in [1.165, 1.54) is 43.8 Å². The zero-order chi connectivity index (χ0) is 31.6. The first kappa shape index (κ1) is 26.8. The van der Waals surface area contributed by atoms with Crippen molar-refractivity contribution in [2.45, 2.75) is 12.0 Å². The summed E-state index contributed by atoms with van der Waals surface area (Å²) >= 11 is 0. The van der Waals surface area contributed by atoms with E-state index in [1.54, 1.807) is 6.33 Å². The molecule has 0 bridgehead atoms. The summed E-state index contributed by atoms with van der Waals surface area (Å²) in [5.41, 5.74) is 9.21. The smallest absolute Gasteiger partial charge is 0.234 e. The lowest BCUT2D eigenvalue weighted by atomic mass is 9.85. The van der Waals surface area contributed by atoms with Gasteiger partial charge in [0.1, 0.15) is 6.33 Å². The van der Waals surface area contributed by atoms with Crippen molar-refractivity contribution in [1.82, 2.24) is 19.5 Å². The lowest BCUT2D eigenvalue weighted by Gasteiger charge is -2.34. The van der Waals surface area contributed by atoms with Crippen LogP contribution in [0.25, 0.3) is 60.8 Å². The van der Waals surface area contributed by atoms with Crippen LogP contribution in [-0.2, 0) is 0 Å². The molecule has 0 saturated heterocycles. The molecular weight excluding hydrogens is 587 g/mol. The number of hydrogen-bond acceptors (Lipinski definition) is 4. The third kappa shape index (κ3) is 4.01. The first-order valence-corrected chi connectivity index (χ1v) is 16.4. The zero-order valence-electron chi connectivity index (χ0n) is 26.0. The molecule has 2 aromatic heterocycles. The van der Waals surface area contributed by atoms with E-state index >= 15 is 0 Å². The predicted octanol–water partition coefficient (Wildman–Crippen LogP) is 10.2. The Labute approximate surface area is 277 Å². The van der Waals surface area contributed by atoms with Gasteiger partial charge in [0.2, 0.25) is 5.95 Å². The lowest BCUT2D eigenvalue weighted by Crippen LogP contribution is -2.35. The summed E-state index contributed by atoms with van der Waals surface area (Å²) in [5, 5.41) is 4.84. The number of hydrogen-bond donors (Lipinski definition) is 0. The summed E-state index contributed by atoms with van der Waals surface area (Å²) in [6, 6.07) is 47.6. The van der Waals surface area contributed by atoms with Gasteiger partial charge >= 0.3 is 0 Å². The van der Waals surface area contributed by atoms with Gasteiger partial charge in [-0.2, -0.15) is 4.98 Å². The molecule has 2 aliphatic rings. The molecule has 10 rings (SSSR count). The van der Waals surface area contributed by atoms with Gasteiger partial charge in [0.15, 0.2) is 5.82 Å². The van der Waals surface area contributed by atoms with E-state index in [2.05, 4.69) is 167 Å². The van der Waals surface area contributed by atoms with Crippen molar-refractivity contribution in [1.29, 1.82) is 0 Å². The summed E-state index contributed by atoms with van der Waals surface area (Å²) in [7, 11) is 0. The second kappa shape index (κ2) is 10.6. The largest absolute Gasteiger partial charge is 0.309 e. The predicted molar refractivity (Wildman–Crippen MR) is 196 cm³/mol. The Morgan fingerprint density at radius 3 is 2.29 bits per heavy atom. The number of fused-ring (bicyclic) bond motifs is 10. The lowest BCUT2D eigenvalue weighted by molar-refractivity contribution is 0.682. The second-order valence-electron chi connectivity index (χ2n) is 12.5. The van der Waals surface area contributed by atoms with E-state index in [0.717, 1.165) is 22.5 Å². The molecule has 0 radical (unpaired) electrons. The maximum atomic E-state index is 5.21. The molecule has 0 saturated carbocycles. The molecule has 0 N–H and O–H groups in total. The molecule has 3 heterocycles. The van der Waals surface area contributed by atoms with Crippen LogP contribution in [0.5, 0.6) is 0 Å². The monoisotopic (exact) mass is 615 g/mol. The standard InChI is InChI=1S/C43H29N5/c1-2-13-30(14-3-1)47-39-24-23-29(26-36(39)41-31-15-5-4-12-28(31)22-25-40(41)47)42-44-27-45-43(46-42)48-37-20-10-8-18-34(37)32-16-6-7-17-33(32)35-19-9-11-21-38(35)48/h1-27,34,37H. The van der Waals surface area contributed by atoms with Gasteiger partial charge in [-0.15, -0.1) is 0 Å². The van der Waals surface area contributed by atoms with Crippen LogP contribution in [-0.4, -0.2) is 25.6 Å². The van der Waals surface area contributed by atoms with E-state index in [9.17, 15) is 0 Å². The molecule has 6 aromatic carbocycles. The highest BCUT2D eigenvalue weighted by Gasteiger charge is 2.35. The fraction of sp³-hybridized carbons (Fsp3) is 0.0465. The van der Waals surface area contributed by atoms with Crippen molar-refractivity contribution >= 4 is 44.2 Å². The molecular formula is C43H29N5. The van der Waals surface area contributed by atoms with Gasteiger partial charge < -0.3 is 9.47 Å². The van der Waals surface area contributed by atoms with Crippen LogP contribution in [0, 0.1) is 0 Å². The minimum Gasteiger partial charge on any atom is -0.309 e. The molecule has 226 valence electrons. The van der Waals surface area contributed by atoms with Gasteiger partial charge in [-0.3, -0.25) is 0 Å². The molecule has 5 nitrogen and oxygen atoms in total. The highest BCUT2D eigenvalue weighted by Crippen LogP contribution is 2.47. The first-order chi connectivity index (χ1) is 23.8.